The van der Waals surface area contributed by atoms with Gasteiger partial charge in [0.1, 0.15) is 0 Å². The predicted octanol–water partition coefficient (Wildman–Crippen LogP) is 4.30. The highest BCUT2D eigenvalue weighted by molar-refractivity contribution is 5.84. The topological polar surface area (TPSA) is 23.6 Å². The number of rotatable bonds is 5. The van der Waals surface area contributed by atoms with E-state index in [4.69, 9.17) is 0 Å². The van der Waals surface area contributed by atoms with Gasteiger partial charge in [-0.1, -0.05) is 73.5 Å². The van der Waals surface area contributed by atoms with E-state index < -0.39 is 0 Å². The Morgan fingerprint density at radius 3 is 2.07 bits per heavy atom. The minimum atomic E-state index is 0.0503. The zero-order chi connectivity index (χ0) is 18.5. The molecule has 3 heteroatoms. The molecule has 0 N–H and O–H groups in total. The molecule has 27 heavy (non-hydrogen) atoms. The van der Waals surface area contributed by atoms with Crippen LogP contribution in [0.4, 0.5) is 0 Å². The van der Waals surface area contributed by atoms with Gasteiger partial charge in [-0.3, -0.25) is 9.69 Å². The Morgan fingerprint density at radius 1 is 0.852 bits per heavy atom. The van der Waals surface area contributed by atoms with Crippen molar-refractivity contribution in [2.45, 2.75) is 38.1 Å². The molecule has 0 unspecified atom stereocenters. The first-order chi connectivity index (χ1) is 13.3. The van der Waals surface area contributed by atoms with Gasteiger partial charge in [0.15, 0.2) is 0 Å². The van der Waals surface area contributed by atoms with Crippen molar-refractivity contribution in [3.05, 3.63) is 71.8 Å². The van der Waals surface area contributed by atoms with E-state index in [0.717, 1.165) is 32.7 Å². The quantitative estimate of drug-likeness (QED) is 0.791. The van der Waals surface area contributed by atoms with Crippen molar-refractivity contribution in [3.8, 4) is 0 Å². The van der Waals surface area contributed by atoms with E-state index in [-0.39, 0.29) is 5.92 Å². The summed E-state index contributed by atoms with van der Waals surface area (Å²) >= 11 is 0. The third-order valence-electron chi connectivity index (χ3n) is 6.23. The van der Waals surface area contributed by atoms with Crippen molar-refractivity contribution >= 4 is 5.91 Å². The van der Waals surface area contributed by atoms with Crippen LogP contribution in [0.25, 0.3) is 0 Å². The van der Waals surface area contributed by atoms with E-state index in [1.54, 1.807) is 0 Å². The summed E-state index contributed by atoms with van der Waals surface area (Å²) in [5, 5.41) is 0. The van der Waals surface area contributed by atoms with E-state index in [1.807, 2.05) is 6.07 Å². The van der Waals surface area contributed by atoms with Gasteiger partial charge < -0.3 is 4.90 Å². The largest absolute Gasteiger partial charge is 0.340 e. The van der Waals surface area contributed by atoms with Crippen molar-refractivity contribution in [1.29, 1.82) is 0 Å². The highest BCUT2D eigenvalue weighted by atomic mass is 16.2. The number of benzene rings is 2. The molecule has 0 radical (unpaired) electrons. The molecular weight excluding hydrogens is 332 g/mol. The first-order valence-electron chi connectivity index (χ1n) is 10.4. The fourth-order valence-electron chi connectivity index (χ4n) is 4.73. The van der Waals surface area contributed by atoms with E-state index in [9.17, 15) is 4.79 Å². The second kappa shape index (κ2) is 8.71. The summed E-state index contributed by atoms with van der Waals surface area (Å²) in [6.07, 6.45) is 4.93. The Hall–Kier alpha value is -2.13. The normalized spacial score (nSPS) is 19.9. The van der Waals surface area contributed by atoms with Crippen LogP contribution in [-0.4, -0.2) is 41.9 Å². The molecule has 2 fully saturated rings. The molecule has 0 bridgehead atoms. The van der Waals surface area contributed by atoms with Crippen molar-refractivity contribution in [2.75, 3.05) is 26.2 Å². The van der Waals surface area contributed by atoms with Crippen molar-refractivity contribution < 1.29 is 4.79 Å². The Labute approximate surface area is 163 Å². The molecule has 1 atom stereocenters. The maximum Gasteiger partial charge on any atom is 0.230 e. The molecule has 1 saturated heterocycles. The molecule has 2 aromatic rings. The molecular formula is C24H30N2O. The van der Waals surface area contributed by atoms with E-state index in [0.29, 0.717) is 11.8 Å². The van der Waals surface area contributed by atoms with E-state index in [1.165, 1.54) is 36.8 Å². The van der Waals surface area contributed by atoms with Gasteiger partial charge in [0, 0.05) is 32.7 Å². The summed E-state index contributed by atoms with van der Waals surface area (Å²) in [4.78, 5) is 18.0. The summed E-state index contributed by atoms with van der Waals surface area (Å²) in [7, 11) is 0. The van der Waals surface area contributed by atoms with Crippen LogP contribution in [0.2, 0.25) is 0 Å². The number of hydrogen-bond acceptors (Lipinski definition) is 2. The van der Waals surface area contributed by atoms with Crippen LogP contribution in [0.3, 0.4) is 0 Å². The van der Waals surface area contributed by atoms with Gasteiger partial charge in [-0.25, -0.2) is 0 Å². The number of carbonyl (C=O) groups is 1. The maximum absolute atomic E-state index is 13.5. The third kappa shape index (κ3) is 4.41. The van der Waals surface area contributed by atoms with Gasteiger partial charge >= 0.3 is 0 Å². The van der Waals surface area contributed by atoms with Crippen molar-refractivity contribution in [3.63, 3.8) is 0 Å². The summed E-state index contributed by atoms with van der Waals surface area (Å²) < 4.78 is 0. The zero-order valence-electron chi connectivity index (χ0n) is 16.1. The Morgan fingerprint density at radius 2 is 1.44 bits per heavy atom. The van der Waals surface area contributed by atoms with Crippen LogP contribution < -0.4 is 0 Å². The first kappa shape index (κ1) is 18.2. The van der Waals surface area contributed by atoms with Gasteiger partial charge in [-0.15, -0.1) is 0 Å². The molecule has 0 spiro atoms. The summed E-state index contributed by atoms with van der Waals surface area (Å²) in [6.45, 7) is 4.61. The second-order valence-electron chi connectivity index (χ2n) is 8.02. The van der Waals surface area contributed by atoms with Crippen LogP contribution in [-0.2, 0) is 11.3 Å². The molecule has 142 valence electrons. The molecule has 1 amide bonds. The van der Waals surface area contributed by atoms with Crippen LogP contribution in [0.15, 0.2) is 60.7 Å². The van der Waals surface area contributed by atoms with Gasteiger partial charge in [-0.05, 0) is 29.9 Å². The first-order valence-corrected chi connectivity index (χ1v) is 10.4. The third-order valence-corrected chi connectivity index (χ3v) is 6.23. The zero-order valence-corrected chi connectivity index (χ0v) is 16.1. The van der Waals surface area contributed by atoms with Gasteiger partial charge in [-0.2, -0.15) is 0 Å². The molecule has 1 aliphatic heterocycles. The number of nitrogens with zero attached hydrogens (tertiary/aromatic N) is 2. The molecule has 2 aromatic carbocycles. The highest BCUT2D eigenvalue weighted by Gasteiger charge is 2.35. The lowest BCUT2D eigenvalue weighted by atomic mass is 9.83. The lowest BCUT2D eigenvalue weighted by molar-refractivity contribution is -0.136. The van der Waals surface area contributed by atoms with E-state index in [2.05, 4.69) is 64.4 Å². The van der Waals surface area contributed by atoms with Crippen molar-refractivity contribution in [1.82, 2.24) is 9.80 Å². The lowest BCUT2D eigenvalue weighted by Gasteiger charge is -2.37. The predicted molar refractivity (Wildman–Crippen MR) is 109 cm³/mol. The lowest BCUT2D eigenvalue weighted by Crippen LogP contribution is -2.50. The average molecular weight is 363 g/mol. The van der Waals surface area contributed by atoms with Crippen LogP contribution in [0.1, 0.15) is 42.7 Å². The Balaban J connectivity index is 1.40. The second-order valence-corrected chi connectivity index (χ2v) is 8.02. The Kier molecular flexibility index (Phi) is 5.88. The number of piperazine rings is 1. The molecule has 4 rings (SSSR count). The van der Waals surface area contributed by atoms with Crippen molar-refractivity contribution in [2.24, 2.45) is 5.92 Å². The van der Waals surface area contributed by atoms with Crippen LogP contribution >= 0.6 is 0 Å². The smallest absolute Gasteiger partial charge is 0.230 e. The fraction of sp³-hybridized carbons (Fsp3) is 0.458. The standard InChI is InChI=1S/C24H30N2O/c27-24(23(22-13-7-8-14-22)21-11-5-2-6-12-21)26-17-15-25(16-18-26)19-20-9-3-1-4-10-20/h1-6,9-12,22-23H,7-8,13-19H2/t23-/m0/s1. The molecule has 2 aliphatic rings. The Bertz CT molecular complexity index is 717. The fourth-order valence-corrected chi connectivity index (χ4v) is 4.73. The summed E-state index contributed by atoms with van der Waals surface area (Å²) in [5.41, 5.74) is 2.56. The van der Waals surface area contributed by atoms with Gasteiger partial charge in [0.05, 0.1) is 5.92 Å². The van der Waals surface area contributed by atoms with E-state index >= 15 is 0 Å². The number of hydrogen-bond donors (Lipinski definition) is 0. The number of amides is 1. The number of carbonyl (C=O) groups excluding carboxylic acids is 1. The summed E-state index contributed by atoms with van der Waals surface area (Å²) in [6, 6.07) is 21.1. The minimum Gasteiger partial charge on any atom is -0.340 e. The van der Waals surface area contributed by atoms with Gasteiger partial charge in [0.25, 0.3) is 0 Å². The molecule has 1 saturated carbocycles. The maximum atomic E-state index is 13.5. The SMILES string of the molecule is O=C([C@@H](c1ccccc1)C1CCCC1)N1CCN(Cc2ccccc2)CC1. The van der Waals surface area contributed by atoms with Crippen LogP contribution in [0, 0.1) is 5.92 Å². The molecule has 1 aliphatic carbocycles. The highest BCUT2D eigenvalue weighted by Crippen LogP contribution is 2.38. The average Bonchev–Trinajstić information content (AvgIpc) is 3.24. The van der Waals surface area contributed by atoms with Crippen LogP contribution in [0.5, 0.6) is 0 Å². The monoisotopic (exact) mass is 362 g/mol. The molecule has 3 nitrogen and oxygen atoms in total. The summed E-state index contributed by atoms with van der Waals surface area (Å²) in [5.74, 6) is 0.920. The molecule has 0 aromatic heterocycles. The van der Waals surface area contributed by atoms with Gasteiger partial charge in [0.2, 0.25) is 5.91 Å². The minimum absolute atomic E-state index is 0.0503. The molecule has 1 heterocycles.